The minimum atomic E-state index is -6.00. The number of hydrogen-bond acceptors (Lipinski definition) is 0. The van der Waals surface area contributed by atoms with Gasteiger partial charge in [-0.1, -0.05) is 0 Å². The van der Waals surface area contributed by atoms with E-state index < -0.39 is 27.9 Å². The van der Waals surface area contributed by atoms with Gasteiger partial charge >= 0.3 is 46.7 Å². The molecule has 0 aromatic heterocycles. The summed E-state index contributed by atoms with van der Waals surface area (Å²) in [6.07, 6.45) is 0. The van der Waals surface area contributed by atoms with Gasteiger partial charge in [0.1, 0.15) is 0 Å². The van der Waals surface area contributed by atoms with E-state index in [-0.39, 0.29) is 18.9 Å². The topological polar surface area (TPSA) is 0 Å². The van der Waals surface area contributed by atoms with Crippen molar-refractivity contribution in [2.75, 3.05) is 0 Å². The van der Waals surface area contributed by atoms with Crippen molar-refractivity contribution >= 4 is 33.4 Å². The van der Waals surface area contributed by atoms with Gasteiger partial charge in [-0.05, 0) is 0 Å². The second kappa shape index (κ2) is 15.8. The Morgan fingerprint density at radius 2 is 0.421 bits per heavy atom. The van der Waals surface area contributed by atoms with Crippen LogP contribution in [0.5, 0.6) is 0 Å². The second-order valence-corrected chi connectivity index (χ2v) is 1.48. The zero-order valence-electron chi connectivity index (χ0n) is 7.60. The molecular formula is C2H3B2F14Li-2. The number of rotatable bonds is 0. The molecule has 118 valence electrons. The van der Waals surface area contributed by atoms with Crippen molar-refractivity contribution in [1.29, 1.82) is 0 Å². The first-order valence-corrected chi connectivity index (χ1v) is 3.06. The third-order valence-electron chi connectivity index (χ3n) is 0. The first-order valence-electron chi connectivity index (χ1n) is 3.06. The number of hydrogen-bond donors (Lipinski definition) is 0. The van der Waals surface area contributed by atoms with Crippen molar-refractivity contribution in [3.63, 3.8) is 0 Å². The molecule has 19 heavy (non-hydrogen) atoms. The van der Waals surface area contributed by atoms with E-state index in [9.17, 15) is 60.9 Å². The van der Waals surface area contributed by atoms with Gasteiger partial charge in [0, 0.05) is 0 Å². The molecular weight excluding hydrogens is 319 g/mol. The van der Waals surface area contributed by atoms with Crippen LogP contribution in [-0.4, -0.2) is 46.7 Å². The molecule has 0 saturated heterocycles. The van der Waals surface area contributed by atoms with Crippen LogP contribution < -0.4 is 0 Å². The van der Waals surface area contributed by atoms with E-state index in [1.54, 1.807) is 0 Å². The summed E-state index contributed by atoms with van der Waals surface area (Å²) in [6, 6.07) is 0. The molecule has 0 radical (unpaired) electrons. The third-order valence-corrected chi connectivity index (χ3v) is 0. The molecule has 17 heteroatoms. The Bertz CT molecular complexity index is 115. The fourth-order valence-corrected chi connectivity index (χ4v) is 0. The molecule has 0 atom stereocenters. The molecule has 0 aliphatic rings. The van der Waals surface area contributed by atoms with E-state index in [2.05, 4.69) is 0 Å². The molecule has 0 fully saturated rings. The van der Waals surface area contributed by atoms with E-state index >= 15 is 0 Å². The Balaban J connectivity index is -0.0000000453. The summed E-state index contributed by atoms with van der Waals surface area (Å²) in [6.45, 7) is -7.33. The molecule has 0 aromatic rings. The van der Waals surface area contributed by atoms with Crippen molar-refractivity contribution in [1.82, 2.24) is 0 Å². The Hall–Kier alpha value is -0.253. The van der Waals surface area contributed by atoms with Crippen molar-refractivity contribution in [2.45, 2.75) is 13.4 Å². The molecule has 0 aliphatic heterocycles. The average Bonchev–Trinajstić information content (AvgIpc) is 1.70. The van der Waals surface area contributed by atoms with Gasteiger partial charge in [-0.15, -0.1) is 0 Å². The van der Waals surface area contributed by atoms with Crippen LogP contribution in [0.3, 0.4) is 0 Å². The molecule has 0 bridgehead atoms. The molecule has 0 heterocycles. The molecule has 0 N–H and O–H groups in total. The standard InChI is InChI=1S/2CHF3.2BF4.Li.H/c2*2-1(3)4;2*2-1(3,4)5;;/h2*1H;;;;/q;;2*-1;;. The molecule has 0 rings (SSSR count). The van der Waals surface area contributed by atoms with Crippen LogP contribution >= 0.6 is 0 Å². The van der Waals surface area contributed by atoms with Crippen LogP contribution in [-0.2, 0) is 0 Å². The van der Waals surface area contributed by atoms with Gasteiger partial charge in [0.05, 0.1) is 0 Å². The number of halogens is 14. The fraction of sp³-hybridized carbons (Fsp3) is 1.00. The van der Waals surface area contributed by atoms with E-state index in [0.717, 1.165) is 0 Å². The predicted octanol–water partition coefficient (Wildman–Crippen LogP) is 4.31. The van der Waals surface area contributed by atoms with Crippen LogP contribution in [0.1, 0.15) is 0 Å². The van der Waals surface area contributed by atoms with Crippen LogP contribution in [0.4, 0.5) is 60.9 Å². The first-order chi connectivity index (χ1) is 7.46. The molecule has 0 aliphatic carbocycles. The van der Waals surface area contributed by atoms with Gasteiger partial charge in [-0.3, -0.25) is 0 Å². The van der Waals surface area contributed by atoms with E-state index in [0.29, 0.717) is 0 Å². The second-order valence-electron chi connectivity index (χ2n) is 1.48. The van der Waals surface area contributed by atoms with Gasteiger partial charge < -0.3 is 34.5 Å². The summed E-state index contributed by atoms with van der Waals surface area (Å²) in [5, 5.41) is 0. The Kier molecular flexibility index (Phi) is 26.0. The predicted molar refractivity (Wildman–Crippen MR) is 41.7 cm³/mol. The summed E-state index contributed by atoms with van der Waals surface area (Å²) in [5.41, 5.74) is 0. The van der Waals surface area contributed by atoms with Crippen LogP contribution in [0.25, 0.3) is 0 Å². The summed E-state index contributed by atoms with van der Waals surface area (Å²) >= 11 is 0. The maximum atomic E-state index is 9.75. The van der Waals surface area contributed by atoms with Crippen molar-refractivity contribution < 1.29 is 60.9 Å². The van der Waals surface area contributed by atoms with E-state index in [4.69, 9.17) is 0 Å². The number of alkyl halides is 6. The summed E-state index contributed by atoms with van der Waals surface area (Å²) < 4.78 is 136. The molecule has 0 spiro atoms. The Morgan fingerprint density at radius 3 is 0.421 bits per heavy atom. The van der Waals surface area contributed by atoms with Gasteiger partial charge in [-0.2, -0.15) is 26.3 Å². The maximum absolute atomic E-state index is 9.75. The van der Waals surface area contributed by atoms with E-state index in [1.165, 1.54) is 0 Å². The normalized spacial score (nSPS) is 10.1. The van der Waals surface area contributed by atoms with Gasteiger partial charge in [-0.25, -0.2) is 0 Å². The zero-order chi connectivity index (χ0) is 16.2. The van der Waals surface area contributed by atoms with E-state index in [1.807, 2.05) is 0 Å². The Labute approximate surface area is 108 Å². The van der Waals surface area contributed by atoms with Crippen molar-refractivity contribution in [3.05, 3.63) is 0 Å². The molecule has 0 unspecified atom stereocenters. The monoisotopic (exact) mass is 322 g/mol. The quantitative estimate of drug-likeness (QED) is 0.461. The van der Waals surface area contributed by atoms with Gasteiger partial charge in [0.25, 0.3) is 0 Å². The summed E-state index contributed by atoms with van der Waals surface area (Å²) in [4.78, 5) is 0. The van der Waals surface area contributed by atoms with Crippen molar-refractivity contribution in [2.24, 2.45) is 0 Å². The molecule has 0 nitrogen and oxygen atoms in total. The summed E-state index contributed by atoms with van der Waals surface area (Å²) in [5.74, 6) is 0. The van der Waals surface area contributed by atoms with Crippen LogP contribution in [0.15, 0.2) is 0 Å². The third kappa shape index (κ3) is 68900. The minimum absolute atomic E-state index is 0. The van der Waals surface area contributed by atoms with Gasteiger partial charge in [0.2, 0.25) is 0 Å². The van der Waals surface area contributed by atoms with Gasteiger partial charge in [0.15, 0.2) is 0 Å². The van der Waals surface area contributed by atoms with Crippen molar-refractivity contribution in [3.8, 4) is 0 Å². The summed E-state index contributed by atoms with van der Waals surface area (Å²) in [7, 11) is -12.0. The van der Waals surface area contributed by atoms with Crippen LogP contribution in [0, 0.1) is 0 Å². The zero-order valence-corrected chi connectivity index (χ0v) is 7.60. The first kappa shape index (κ1) is 31.2. The SMILES string of the molecule is FC(F)F.FC(F)F.F[B-](F)(F)F.F[B-](F)(F)F.[LiH]. The molecule has 0 saturated carbocycles. The van der Waals surface area contributed by atoms with Crippen LogP contribution in [0.2, 0.25) is 0 Å². The fourth-order valence-electron chi connectivity index (χ4n) is 0. The molecule has 0 amide bonds. The average molecular weight is 322 g/mol. The Morgan fingerprint density at radius 1 is 0.421 bits per heavy atom. The molecule has 0 aromatic carbocycles.